The molecule has 0 saturated heterocycles. The highest BCUT2D eigenvalue weighted by molar-refractivity contribution is 5.89. The number of amides is 2. The number of carboxylic acids is 1. The molecule has 246 valence electrons. The molecule has 18 heteroatoms. The minimum atomic E-state index is -7.62. The number of urea groups is 1. The molecule has 7 nitrogen and oxygen atoms in total. The largest absolute Gasteiger partial charge is 0.492 e. The summed E-state index contributed by atoms with van der Waals surface area (Å²) in [6.07, 6.45) is -8.55. The van der Waals surface area contributed by atoms with Crippen molar-refractivity contribution in [2.45, 2.75) is 49.3 Å². The molecule has 1 unspecified atom stereocenters. The van der Waals surface area contributed by atoms with Crippen molar-refractivity contribution in [2.75, 3.05) is 31.6 Å². The van der Waals surface area contributed by atoms with Crippen molar-refractivity contribution in [1.29, 1.82) is 0 Å². The van der Waals surface area contributed by atoms with E-state index in [9.17, 15) is 57.9 Å². The summed E-state index contributed by atoms with van der Waals surface area (Å²) >= 11 is 0. The number of anilines is 1. The predicted molar refractivity (Wildman–Crippen MR) is 132 cm³/mol. The minimum absolute atomic E-state index is 0.0195. The molecule has 0 aliphatic rings. The SMILES string of the molecule is CCOC(Cc1ccc(OCCN(CC(F)(F)C(F)(F)C(F)(F)C(F)(F)C(F)(F)F)C(=O)Nc2ccccc2)cc1)C(=O)O. The Labute approximate surface area is 242 Å². The maximum absolute atomic E-state index is 14.5. The van der Waals surface area contributed by atoms with Crippen LogP contribution in [0.3, 0.4) is 0 Å². The Morgan fingerprint density at radius 1 is 0.841 bits per heavy atom. The third kappa shape index (κ3) is 8.21. The zero-order chi connectivity index (χ0) is 33.6. The number of ether oxygens (including phenoxy) is 2. The summed E-state index contributed by atoms with van der Waals surface area (Å²) in [7, 11) is 0. The molecule has 0 bridgehead atoms. The molecule has 2 aromatic rings. The van der Waals surface area contributed by atoms with E-state index in [1.165, 1.54) is 54.6 Å². The van der Waals surface area contributed by atoms with Gasteiger partial charge in [0.1, 0.15) is 12.4 Å². The van der Waals surface area contributed by atoms with Gasteiger partial charge in [-0.25, -0.2) is 9.59 Å². The van der Waals surface area contributed by atoms with Crippen LogP contribution < -0.4 is 10.1 Å². The lowest BCUT2D eigenvalue weighted by Crippen LogP contribution is -2.68. The van der Waals surface area contributed by atoms with Gasteiger partial charge in [0.05, 0.1) is 13.1 Å². The number of hydrogen-bond donors (Lipinski definition) is 2. The first kappa shape index (κ1) is 36.4. The van der Waals surface area contributed by atoms with E-state index < -0.39 is 67.7 Å². The molecule has 2 amide bonds. The van der Waals surface area contributed by atoms with Gasteiger partial charge in [0, 0.05) is 18.7 Å². The van der Waals surface area contributed by atoms with Crippen molar-refractivity contribution >= 4 is 17.7 Å². The molecular formula is C26H25F11N2O5. The van der Waals surface area contributed by atoms with Gasteiger partial charge in [-0.05, 0) is 36.8 Å². The standard InChI is InChI=1S/C26H25F11N2O5/c1-2-43-19(20(40)41)14-16-8-10-18(11-9-16)44-13-12-39(21(42)38-17-6-4-3-5-7-17)15-22(27,28)23(29,30)24(31,32)25(33,34)26(35,36)37/h3-11,19H,2,12-15H2,1H3,(H,38,42)(H,40,41). The van der Waals surface area contributed by atoms with Gasteiger partial charge in [-0.15, -0.1) is 0 Å². The van der Waals surface area contributed by atoms with Crippen molar-refractivity contribution in [3.05, 3.63) is 60.2 Å². The summed E-state index contributed by atoms with van der Waals surface area (Å²) in [6, 6.07) is 10.3. The zero-order valence-electron chi connectivity index (χ0n) is 22.5. The van der Waals surface area contributed by atoms with E-state index in [0.29, 0.717) is 5.56 Å². The van der Waals surface area contributed by atoms with Gasteiger partial charge in [0.2, 0.25) is 0 Å². The monoisotopic (exact) mass is 654 g/mol. The number of alkyl halides is 11. The third-order valence-corrected chi connectivity index (χ3v) is 5.92. The molecular weight excluding hydrogens is 629 g/mol. The summed E-state index contributed by atoms with van der Waals surface area (Å²) in [4.78, 5) is 23.6. The number of nitrogens with zero attached hydrogens (tertiary/aromatic N) is 1. The van der Waals surface area contributed by atoms with Gasteiger partial charge in [-0.3, -0.25) is 0 Å². The first-order valence-corrected chi connectivity index (χ1v) is 12.4. The molecule has 0 aromatic heterocycles. The summed E-state index contributed by atoms with van der Waals surface area (Å²) in [6.45, 7) is -2.89. The average Bonchev–Trinajstić information content (AvgIpc) is 2.92. The van der Waals surface area contributed by atoms with E-state index in [1.807, 2.05) is 5.32 Å². The number of halogens is 11. The van der Waals surface area contributed by atoms with Crippen LogP contribution in [-0.4, -0.2) is 84.3 Å². The number of carboxylic acid groups (broad SMARTS) is 1. The van der Waals surface area contributed by atoms with E-state index >= 15 is 0 Å². The lowest BCUT2D eigenvalue weighted by atomic mass is 9.97. The van der Waals surface area contributed by atoms with Gasteiger partial charge in [-0.2, -0.15) is 48.3 Å². The summed E-state index contributed by atoms with van der Waals surface area (Å²) in [5.41, 5.74) is 0.357. The second kappa shape index (κ2) is 13.9. The Hall–Kier alpha value is -3.83. The highest BCUT2D eigenvalue weighted by atomic mass is 19.4. The normalized spacial score (nSPS) is 13.7. The Kier molecular flexibility index (Phi) is 11.5. The number of nitrogens with one attached hydrogen (secondary N) is 1. The van der Waals surface area contributed by atoms with Gasteiger partial charge in [0.25, 0.3) is 0 Å². The number of hydrogen-bond acceptors (Lipinski definition) is 4. The van der Waals surface area contributed by atoms with E-state index in [4.69, 9.17) is 14.6 Å². The molecule has 44 heavy (non-hydrogen) atoms. The fraction of sp³-hybridized carbons (Fsp3) is 0.462. The number of carbonyl (C=O) groups is 2. The van der Waals surface area contributed by atoms with Gasteiger partial charge in [-0.1, -0.05) is 30.3 Å². The third-order valence-electron chi connectivity index (χ3n) is 5.92. The molecule has 0 fully saturated rings. The van der Waals surface area contributed by atoms with Gasteiger partial charge in [0.15, 0.2) is 6.10 Å². The highest BCUT2D eigenvalue weighted by Crippen LogP contribution is 2.57. The van der Waals surface area contributed by atoms with Crippen LogP contribution in [0.2, 0.25) is 0 Å². The Morgan fingerprint density at radius 3 is 1.91 bits per heavy atom. The molecule has 2 N–H and O–H groups in total. The second-order valence-corrected chi connectivity index (χ2v) is 9.12. The summed E-state index contributed by atoms with van der Waals surface area (Å²) < 4.78 is 159. The van der Waals surface area contributed by atoms with Crippen LogP contribution in [0.15, 0.2) is 54.6 Å². The Morgan fingerprint density at radius 2 is 1.41 bits per heavy atom. The highest BCUT2D eigenvalue weighted by Gasteiger charge is 2.87. The first-order valence-electron chi connectivity index (χ1n) is 12.4. The Bertz CT molecular complexity index is 1240. The lowest BCUT2D eigenvalue weighted by molar-refractivity contribution is -0.422. The number of aliphatic carboxylic acids is 1. The van der Waals surface area contributed by atoms with E-state index in [2.05, 4.69) is 0 Å². The molecule has 2 aromatic carbocycles. The molecule has 0 spiro atoms. The predicted octanol–water partition coefficient (Wildman–Crippen LogP) is 6.74. The van der Waals surface area contributed by atoms with Crippen molar-refractivity contribution in [3.63, 3.8) is 0 Å². The van der Waals surface area contributed by atoms with Gasteiger partial charge >= 0.3 is 41.9 Å². The fourth-order valence-corrected chi connectivity index (χ4v) is 3.55. The van der Waals surface area contributed by atoms with Gasteiger partial charge < -0.3 is 24.8 Å². The molecule has 1 atom stereocenters. The summed E-state index contributed by atoms with van der Waals surface area (Å²) in [5.74, 6) is -30.0. The molecule has 0 saturated carbocycles. The van der Waals surface area contributed by atoms with Crippen molar-refractivity contribution < 1.29 is 72.5 Å². The van der Waals surface area contributed by atoms with Crippen molar-refractivity contribution in [2.24, 2.45) is 0 Å². The Balaban J connectivity index is 2.25. The lowest BCUT2D eigenvalue weighted by Gasteiger charge is -2.38. The average molecular weight is 654 g/mol. The van der Waals surface area contributed by atoms with Crippen LogP contribution in [0.4, 0.5) is 58.8 Å². The molecule has 0 aliphatic carbocycles. The van der Waals surface area contributed by atoms with Crippen LogP contribution in [0, 0.1) is 0 Å². The summed E-state index contributed by atoms with van der Waals surface area (Å²) in [5, 5.41) is 11.1. The topological polar surface area (TPSA) is 88.1 Å². The quantitative estimate of drug-likeness (QED) is 0.208. The van der Waals surface area contributed by atoms with E-state index in [0.717, 1.165) is 0 Å². The number of rotatable bonds is 15. The van der Waals surface area contributed by atoms with E-state index in [-0.39, 0.29) is 29.4 Å². The van der Waals surface area contributed by atoms with Crippen LogP contribution in [0.1, 0.15) is 12.5 Å². The van der Waals surface area contributed by atoms with Crippen LogP contribution in [0.5, 0.6) is 5.75 Å². The number of benzene rings is 2. The van der Waals surface area contributed by atoms with Crippen LogP contribution in [-0.2, 0) is 16.0 Å². The molecule has 0 heterocycles. The first-order chi connectivity index (χ1) is 20.2. The zero-order valence-corrected chi connectivity index (χ0v) is 22.5. The molecule has 0 aliphatic heterocycles. The van der Waals surface area contributed by atoms with Crippen molar-refractivity contribution in [1.82, 2.24) is 4.90 Å². The number of carbonyl (C=O) groups excluding carboxylic acids is 1. The van der Waals surface area contributed by atoms with Crippen LogP contribution in [0.25, 0.3) is 0 Å². The van der Waals surface area contributed by atoms with Crippen LogP contribution >= 0.6 is 0 Å². The fourth-order valence-electron chi connectivity index (χ4n) is 3.55. The minimum Gasteiger partial charge on any atom is -0.492 e. The number of para-hydroxylation sites is 1. The maximum Gasteiger partial charge on any atom is 0.460 e. The molecule has 2 rings (SSSR count). The van der Waals surface area contributed by atoms with Crippen molar-refractivity contribution in [3.8, 4) is 5.75 Å². The second-order valence-electron chi connectivity index (χ2n) is 9.12. The smallest absolute Gasteiger partial charge is 0.460 e. The maximum atomic E-state index is 14.5. The van der Waals surface area contributed by atoms with E-state index in [1.54, 1.807) is 6.92 Å². The molecule has 0 radical (unpaired) electrons.